The molecule has 0 bridgehead atoms. The van der Waals surface area contributed by atoms with Crippen LogP contribution in [0.15, 0.2) is 42.0 Å². The van der Waals surface area contributed by atoms with E-state index in [9.17, 15) is 0 Å². The Kier molecular flexibility index (Phi) is 5.51. The molecular formula is C20H21Cl2Zr. The van der Waals surface area contributed by atoms with E-state index < -0.39 is 19.4 Å². The van der Waals surface area contributed by atoms with Crippen molar-refractivity contribution in [2.45, 2.75) is 37.2 Å². The third-order valence-corrected chi connectivity index (χ3v) is 10.0. The predicted molar refractivity (Wildman–Crippen MR) is 98.7 cm³/mol. The Morgan fingerprint density at radius 3 is 2.39 bits per heavy atom. The monoisotopic (exact) mass is 421 g/mol. The Bertz CT molecular complexity index is 762. The van der Waals surface area contributed by atoms with Gasteiger partial charge in [0.25, 0.3) is 0 Å². The molecule has 1 unspecified atom stereocenters. The van der Waals surface area contributed by atoms with Crippen molar-refractivity contribution in [3.8, 4) is 11.1 Å². The molecule has 0 aromatic heterocycles. The zero-order chi connectivity index (χ0) is 16.6. The summed E-state index contributed by atoms with van der Waals surface area (Å²) in [5.41, 5.74) is 9.47. The minimum absolute atomic E-state index is 0.319. The first-order valence-electron chi connectivity index (χ1n) is 8.12. The van der Waals surface area contributed by atoms with Crippen molar-refractivity contribution in [1.29, 1.82) is 0 Å². The van der Waals surface area contributed by atoms with Gasteiger partial charge in [0.05, 0.1) is 0 Å². The van der Waals surface area contributed by atoms with Gasteiger partial charge in [0, 0.05) is 0 Å². The summed E-state index contributed by atoms with van der Waals surface area (Å²) in [4.78, 5) is 0. The van der Waals surface area contributed by atoms with Gasteiger partial charge < -0.3 is 0 Å². The van der Waals surface area contributed by atoms with E-state index in [-0.39, 0.29) is 0 Å². The molecule has 0 N–H and O–H groups in total. The maximum absolute atomic E-state index is 6.53. The number of allylic oxidation sites excluding steroid dienone is 1. The molecule has 0 saturated carbocycles. The van der Waals surface area contributed by atoms with Crippen molar-refractivity contribution in [3.63, 3.8) is 0 Å². The number of benzene rings is 2. The summed E-state index contributed by atoms with van der Waals surface area (Å²) in [7, 11) is 13.1. The van der Waals surface area contributed by atoms with Gasteiger partial charge in [-0.15, -0.1) is 0 Å². The van der Waals surface area contributed by atoms with E-state index >= 15 is 0 Å². The van der Waals surface area contributed by atoms with Crippen LogP contribution >= 0.6 is 17.0 Å². The minimum atomic E-state index is -2.40. The standard InChI is InChI=1S/C20H21.2ClH.Zr/c1-4-7-16-12-17-11-10-15(3)20(19(17)13-16)18-9-6-5-8-14(18)2;;;/h5-6,8-13H,4,7H2,1-3H3;2*1H;/q;;;+2/p-2. The molecule has 1 atom stereocenters. The number of rotatable bonds is 4. The molecule has 0 amide bonds. The van der Waals surface area contributed by atoms with Crippen LogP contribution in [0.2, 0.25) is 0 Å². The van der Waals surface area contributed by atoms with Crippen LogP contribution in [0.3, 0.4) is 0 Å². The molecule has 1 aliphatic carbocycles. The fraction of sp³-hybridized carbons (Fsp3) is 0.300. The second kappa shape index (κ2) is 7.26. The molecule has 0 nitrogen and oxygen atoms in total. The maximum atomic E-state index is 6.53. The topological polar surface area (TPSA) is 0 Å². The molecule has 2 aromatic carbocycles. The molecule has 0 spiro atoms. The summed E-state index contributed by atoms with van der Waals surface area (Å²) in [6, 6.07) is 13.1. The van der Waals surface area contributed by atoms with Crippen LogP contribution in [0.25, 0.3) is 17.2 Å². The molecule has 0 aliphatic heterocycles. The summed E-state index contributed by atoms with van der Waals surface area (Å²) in [6.07, 6.45) is 4.61. The molecule has 0 heterocycles. The molecule has 3 rings (SSSR count). The fourth-order valence-electron chi connectivity index (χ4n) is 3.59. The summed E-state index contributed by atoms with van der Waals surface area (Å²) in [6.45, 7) is 6.60. The molecule has 3 heteroatoms. The van der Waals surface area contributed by atoms with Crippen LogP contribution in [-0.4, -0.2) is 0 Å². The number of hydrogen-bond acceptors (Lipinski definition) is 0. The first-order valence-corrected chi connectivity index (χ1v) is 15.9. The molecule has 23 heavy (non-hydrogen) atoms. The van der Waals surface area contributed by atoms with Crippen molar-refractivity contribution in [2.24, 2.45) is 0 Å². The van der Waals surface area contributed by atoms with E-state index in [0.717, 1.165) is 12.8 Å². The van der Waals surface area contributed by atoms with Crippen LogP contribution in [0.4, 0.5) is 0 Å². The summed E-state index contributed by atoms with van der Waals surface area (Å²) in [5, 5.41) is 0. The van der Waals surface area contributed by atoms with Gasteiger partial charge >= 0.3 is 155 Å². The Labute approximate surface area is 154 Å². The van der Waals surface area contributed by atoms with Crippen LogP contribution in [0.5, 0.6) is 0 Å². The molecule has 0 saturated heterocycles. The summed E-state index contributed by atoms with van der Waals surface area (Å²) >= 11 is -2.40. The van der Waals surface area contributed by atoms with Gasteiger partial charge in [0.1, 0.15) is 0 Å². The van der Waals surface area contributed by atoms with Crippen LogP contribution < -0.4 is 0 Å². The van der Waals surface area contributed by atoms with Gasteiger partial charge in [0.15, 0.2) is 0 Å². The van der Waals surface area contributed by atoms with Gasteiger partial charge in [0.2, 0.25) is 0 Å². The Hall–Kier alpha value is -0.357. The fourth-order valence-corrected chi connectivity index (χ4v) is 9.09. The average Bonchev–Trinajstić information content (AvgIpc) is 2.87. The molecule has 1 aliphatic rings. The van der Waals surface area contributed by atoms with Gasteiger partial charge in [-0.2, -0.15) is 0 Å². The van der Waals surface area contributed by atoms with Gasteiger partial charge in [-0.1, -0.05) is 0 Å². The van der Waals surface area contributed by atoms with E-state index in [1.807, 2.05) is 0 Å². The van der Waals surface area contributed by atoms with Crippen molar-refractivity contribution in [2.75, 3.05) is 0 Å². The van der Waals surface area contributed by atoms with Crippen molar-refractivity contribution < 1.29 is 19.4 Å². The van der Waals surface area contributed by atoms with E-state index in [1.54, 1.807) is 0 Å². The summed E-state index contributed by atoms with van der Waals surface area (Å²) in [5.74, 6) is 0. The van der Waals surface area contributed by atoms with E-state index in [4.69, 9.17) is 17.0 Å². The zero-order valence-electron chi connectivity index (χ0n) is 13.8. The van der Waals surface area contributed by atoms with E-state index in [1.165, 1.54) is 39.0 Å². The van der Waals surface area contributed by atoms with Gasteiger partial charge in [-0.3, -0.25) is 0 Å². The van der Waals surface area contributed by atoms with Crippen molar-refractivity contribution >= 4 is 23.1 Å². The Balaban J connectivity index is 2.24. The summed E-state index contributed by atoms with van der Waals surface area (Å²) < 4.78 is 0.319. The first-order chi connectivity index (χ1) is 11.0. The number of halogens is 2. The van der Waals surface area contributed by atoms with Gasteiger partial charge in [-0.25, -0.2) is 0 Å². The molecule has 2 aromatic rings. The average molecular weight is 424 g/mol. The number of hydrogen-bond donors (Lipinski definition) is 0. The SMILES string of the molecule is CCCC1=Cc2c(ccc(C)c2-c2ccccc2C)[CH]1[Zr]([Cl])[Cl]. The molecule has 0 fully saturated rings. The predicted octanol–water partition coefficient (Wildman–Crippen LogP) is 7.13. The molecule has 0 radical (unpaired) electrons. The van der Waals surface area contributed by atoms with E-state index in [0.29, 0.717) is 3.63 Å². The second-order valence-electron chi connectivity index (χ2n) is 6.27. The van der Waals surface area contributed by atoms with Crippen LogP contribution in [0.1, 0.15) is 45.6 Å². The van der Waals surface area contributed by atoms with Crippen LogP contribution in [-0.2, 0) is 19.4 Å². The number of aryl methyl sites for hydroxylation is 2. The Morgan fingerprint density at radius 2 is 1.74 bits per heavy atom. The third kappa shape index (κ3) is 3.26. The quantitative estimate of drug-likeness (QED) is 0.490. The molecular weight excluding hydrogens is 402 g/mol. The van der Waals surface area contributed by atoms with Crippen LogP contribution in [0, 0.1) is 13.8 Å². The van der Waals surface area contributed by atoms with Crippen molar-refractivity contribution in [3.05, 3.63) is 64.2 Å². The Morgan fingerprint density at radius 1 is 1.00 bits per heavy atom. The second-order valence-corrected chi connectivity index (χ2v) is 15.1. The molecule has 119 valence electrons. The van der Waals surface area contributed by atoms with Crippen molar-refractivity contribution in [1.82, 2.24) is 0 Å². The first kappa shape index (κ1) is 17.5. The van der Waals surface area contributed by atoms with E-state index in [2.05, 4.69) is 63.2 Å². The zero-order valence-corrected chi connectivity index (χ0v) is 17.8. The number of fused-ring (bicyclic) bond motifs is 1. The normalized spacial score (nSPS) is 16.2. The third-order valence-electron chi connectivity index (χ3n) is 4.67. The van der Waals surface area contributed by atoms with Gasteiger partial charge in [-0.05, 0) is 0 Å².